The SMILES string of the molecule is CSc1cccc(C(CC2CCCC2)C(=O)O)c1. The Kier molecular flexibility index (Phi) is 4.70. The van der Waals surface area contributed by atoms with Gasteiger partial charge >= 0.3 is 5.97 Å². The molecule has 1 saturated carbocycles. The fraction of sp³-hybridized carbons (Fsp3) is 0.533. The molecule has 1 unspecified atom stereocenters. The van der Waals surface area contributed by atoms with Gasteiger partial charge in [0.05, 0.1) is 5.92 Å². The van der Waals surface area contributed by atoms with Gasteiger partial charge in [-0.25, -0.2) is 0 Å². The molecule has 0 radical (unpaired) electrons. The van der Waals surface area contributed by atoms with Crippen molar-refractivity contribution in [1.82, 2.24) is 0 Å². The monoisotopic (exact) mass is 264 g/mol. The van der Waals surface area contributed by atoms with Gasteiger partial charge in [-0.05, 0) is 36.3 Å². The largest absolute Gasteiger partial charge is 0.481 e. The van der Waals surface area contributed by atoms with Crippen LogP contribution in [0.2, 0.25) is 0 Å². The van der Waals surface area contributed by atoms with Crippen LogP contribution in [0.15, 0.2) is 29.2 Å². The predicted molar refractivity (Wildman–Crippen MR) is 75.2 cm³/mol. The van der Waals surface area contributed by atoms with Gasteiger partial charge in [0.15, 0.2) is 0 Å². The fourth-order valence-corrected chi connectivity index (χ4v) is 3.29. The van der Waals surface area contributed by atoms with Crippen molar-refractivity contribution < 1.29 is 9.90 Å². The number of carboxylic acid groups (broad SMARTS) is 1. The number of thioether (sulfide) groups is 1. The molecule has 1 aromatic carbocycles. The van der Waals surface area contributed by atoms with Gasteiger partial charge in [0.2, 0.25) is 0 Å². The molecule has 3 heteroatoms. The Labute approximate surface area is 113 Å². The van der Waals surface area contributed by atoms with Crippen LogP contribution < -0.4 is 0 Å². The van der Waals surface area contributed by atoms with Gasteiger partial charge in [-0.2, -0.15) is 0 Å². The number of carboxylic acids is 1. The van der Waals surface area contributed by atoms with E-state index in [1.165, 1.54) is 25.7 Å². The zero-order valence-corrected chi connectivity index (χ0v) is 11.6. The zero-order valence-electron chi connectivity index (χ0n) is 10.8. The van der Waals surface area contributed by atoms with Crippen LogP contribution in [0.5, 0.6) is 0 Å². The molecule has 1 aliphatic carbocycles. The average molecular weight is 264 g/mol. The number of hydrogen-bond acceptors (Lipinski definition) is 2. The smallest absolute Gasteiger partial charge is 0.310 e. The van der Waals surface area contributed by atoms with E-state index in [1.807, 2.05) is 30.5 Å². The molecule has 18 heavy (non-hydrogen) atoms. The van der Waals surface area contributed by atoms with E-state index in [0.717, 1.165) is 16.9 Å². The summed E-state index contributed by atoms with van der Waals surface area (Å²) in [5.74, 6) is -0.413. The minimum atomic E-state index is -0.680. The van der Waals surface area contributed by atoms with Gasteiger partial charge in [-0.3, -0.25) is 4.79 Å². The van der Waals surface area contributed by atoms with Crippen LogP contribution in [-0.2, 0) is 4.79 Å². The topological polar surface area (TPSA) is 37.3 Å². The zero-order chi connectivity index (χ0) is 13.0. The molecule has 0 amide bonds. The number of rotatable bonds is 5. The molecular weight excluding hydrogens is 244 g/mol. The highest BCUT2D eigenvalue weighted by Gasteiger charge is 2.26. The molecule has 0 bridgehead atoms. The van der Waals surface area contributed by atoms with Gasteiger partial charge in [0, 0.05) is 4.90 Å². The lowest BCUT2D eigenvalue weighted by atomic mass is 9.88. The van der Waals surface area contributed by atoms with E-state index in [2.05, 4.69) is 0 Å². The third kappa shape index (κ3) is 3.29. The summed E-state index contributed by atoms with van der Waals surface area (Å²) < 4.78 is 0. The summed E-state index contributed by atoms with van der Waals surface area (Å²) in [4.78, 5) is 12.6. The Morgan fingerprint density at radius 3 is 2.78 bits per heavy atom. The van der Waals surface area contributed by atoms with Crippen molar-refractivity contribution in [2.24, 2.45) is 5.92 Å². The van der Waals surface area contributed by atoms with Gasteiger partial charge in [0.1, 0.15) is 0 Å². The van der Waals surface area contributed by atoms with Crippen molar-refractivity contribution in [2.75, 3.05) is 6.26 Å². The fourth-order valence-electron chi connectivity index (χ4n) is 2.82. The lowest BCUT2D eigenvalue weighted by molar-refractivity contribution is -0.139. The molecule has 0 heterocycles. The summed E-state index contributed by atoms with van der Waals surface area (Å²) in [6, 6.07) is 7.97. The molecule has 0 aromatic heterocycles. The average Bonchev–Trinajstić information content (AvgIpc) is 2.88. The molecule has 0 spiro atoms. The quantitative estimate of drug-likeness (QED) is 0.811. The molecule has 2 nitrogen and oxygen atoms in total. The predicted octanol–water partition coefficient (Wildman–Crippen LogP) is 4.16. The first-order chi connectivity index (χ1) is 8.70. The Hall–Kier alpha value is -0.960. The van der Waals surface area contributed by atoms with Gasteiger partial charge < -0.3 is 5.11 Å². The molecule has 1 atom stereocenters. The van der Waals surface area contributed by atoms with E-state index in [-0.39, 0.29) is 5.92 Å². The Morgan fingerprint density at radius 1 is 1.44 bits per heavy atom. The normalized spacial score (nSPS) is 17.8. The van der Waals surface area contributed by atoms with Crippen LogP contribution >= 0.6 is 11.8 Å². The van der Waals surface area contributed by atoms with Gasteiger partial charge in [-0.1, -0.05) is 37.8 Å². The first-order valence-corrected chi connectivity index (χ1v) is 7.80. The Morgan fingerprint density at radius 2 is 2.17 bits per heavy atom. The van der Waals surface area contributed by atoms with Crippen LogP contribution in [0.4, 0.5) is 0 Å². The summed E-state index contributed by atoms with van der Waals surface area (Å²) in [7, 11) is 0. The van der Waals surface area contributed by atoms with Crippen molar-refractivity contribution >= 4 is 17.7 Å². The van der Waals surface area contributed by atoms with Gasteiger partial charge in [-0.15, -0.1) is 11.8 Å². The highest BCUT2D eigenvalue weighted by Crippen LogP contribution is 2.35. The standard InChI is InChI=1S/C15H20O2S/c1-18-13-8-4-7-12(10-13)14(15(16)17)9-11-5-2-3-6-11/h4,7-8,10-11,14H,2-3,5-6,9H2,1H3,(H,16,17). The maximum Gasteiger partial charge on any atom is 0.310 e. The minimum absolute atomic E-state index is 0.333. The number of hydrogen-bond donors (Lipinski definition) is 1. The molecule has 1 fully saturated rings. The van der Waals surface area contributed by atoms with Gasteiger partial charge in [0.25, 0.3) is 0 Å². The van der Waals surface area contributed by atoms with Crippen LogP contribution in [0.3, 0.4) is 0 Å². The van der Waals surface area contributed by atoms with Crippen molar-refractivity contribution in [2.45, 2.75) is 42.9 Å². The van der Waals surface area contributed by atoms with Crippen LogP contribution in [-0.4, -0.2) is 17.3 Å². The third-order valence-electron chi connectivity index (χ3n) is 3.84. The summed E-state index contributed by atoms with van der Waals surface area (Å²) in [6.45, 7) is 0. The van der Waals surface area contributed by atoms with Crippen molar-refractivity contribution in [3.8, 4) is 0 Å². The minimum Gasteiger partial charge on any atom is -0.481 e. The second kappa shape index (κ2) is 6.28. The maximum absolute atomic E-state index is 11.5. The summed E-state index contributed by atoms with van der Waals surface area (Å²) in [5.41, 5.74) is 0.959. The first kappa shape index (κ1) is 13.5. The molecule has 0 aliphatic heterocycles. The molecule has 1 aromatic rings. The maximum atomic E-state index is 11.5. The van der Waals surface area contributed by atoms with E-state index in [0.29, 0.717) is 5.92 Å². The Balaban J connectivity index is 2.14. The molecule has 2 rings (SSSR count). The first-order valence-electron chi connectivity index (χ1n) is 6.57. The summed E-state index contributed by atoms with van der Waals surface area (Å²) in [5, 5.41) is 9.44. The van der Waals surface area contributed by atoms with E-state index in [9.17, 15) is 9.90 Å². The van der Waals surface area contributed by atoms with E-state index >= 15 is 0 Å². The lowest BCUT2D eigenvalue weighted by Crippen LogP contribution is -2.15. The second-order valence-electron chi connectivity index (χ2n) is 5.05. The number of carbonyl (C=O) groups is 1. The second-order valence-corrected chi connectivity index (χ2v) is 5.93. The lowest BCUT2D eigenvalue weighted by Gasteiger charge is -2.17. The molecule has 0 saturated heterocycles. The van der Waals surface area contributed by atoms with Crippen molar-refractivity contribution in [3.63, 3.8) is 0 Å². The van der Waals surface area contributed by atoms with E-state index in [1.54, 1.807) is 11.8 Å². The number of aliphatic carboxylic acids is 1. The molecule has 1 aliphatic rings. The highest BCUT2D eigenvalue weighted by molar-refractivity contribution is 7.98. The molecule has 98 valence electrons. The molecule has 1 N–H and O–H groups in total. The van der Waals surface area contributed by atoms with Crippen molar-refractivity contribution in [1.29, 1.82) is 0 Å². The van der Waals surface area contributed by atoms with Crippen LogP contribution in [0.25, 0.3) is 0 Å². The highest BCUT2D eigenvalue weighted by atomic mass is 32.2. The molecular formula is C15H20O2S. The van der Waals surface area contributed by atoms with Crippen LogP contribution in [0, 0.1) is 5.92 Å². The third-order valence-corrected chi connectivity index (χ3v) is 4.56. The van der Waals surface area contributed by atoms with Crippen LogP contribution in [0.1, 0.15) is 43.6 Å². The van der Waals surface area contributed by atoms with E-state index < -0.39 is 5.97 Å². The number of benzene rings is 1. The Bertz CT molecular complexity index is 411. The summed E-state index contributed by atoms with van der Waals surface area (Å²) >= 11 is 1.66. The van der Waals surface area contributed by atoms with Crippen molar-refractivity contribution in [3.05, 3.63) is 29.8 Å². The van der Waals surface area contributed by atoms with E-state index in [4.69, 9.17) is 0 Å². The summed E-state index contributed by atoms with van der Waals surface area (Å²) in [6.07, 6.45) is 7.75.